The standard InChI is InChI=1S/C38H66N8O7S/c1-11-26(2)34(45(8)33(48)25-40-38(43(4)5)44(6)7)31(52-9)24-32(47)46-21-15-19-30(46)35(53-10)27(3)36(49)41-29(23-28-17-13-12-14-18-28)37(50)42-54(51)22-16-20-39/h12-14,17-18,26-27,29-31,34-35H,11,15-16,19-25,39H2,1-10H3,(H,41,49)(H,42,50)/t26?,27?,29-,30?,31?,34?,35?,54?/m0/s1. The molecule has 1 aliphatic heterocycles. The number of likely N-dealkylation sites (tertiary alicyclic amines) is 1. The summed E-state index contributed by atoms with van der Waals surface area (Å²) in [6.45, 7) is 6.58. The molecule has 0 aromatic heterocycles. The zero-order chi connectivity index (χ0) is 40.5. The summed E-state index contributed by atoms with van der Waals surface area (Å²) in [6.07, 6.45) is 1.54. The third kappa shape index (κ3) is 13.6. The second-order valence-electron chi connectivity index (χ2n) is 14.5. The van der Waals surface area contributed by atoms with Crippen molar-refractivity contribution < 1.29 is 32.9 Å². The van der Waals surface area contributed by atoms with Crippen LogP contribution in [0.2, 0.25) is 0 Å². The van der Waals surface area contributed by atoms with Crippen molar-refractivity contribution in [1.29, 1.82) is 0 Å². The van der Waals surface area contributed by atoms with E-state index in [-0.39, 0.29) is 42.9 Å². The minimum absolute atomic E-state index is 0.0202. The van der Waals surface area contributed by atoms with Gasteiger partial charge in [-0.2, -0.15) is 0 Å². The SMILES string of the molecule is CCC(C)C(C(CC(=O)N1CCCC1C(OC)C(C)C(=O)N[C@@H](Cc1ccccc1)C(=O)NS(=O)CCCN)OC)N(C)C(=O)CN=C(N(C)C)N(C)C. The van der Waals surface area contributed by atoms with Gasteiger partial charge in [0.05, 0.1) is 36.6 Å². The third-order valence-electron chi connectivity index (χ3n) is 10.1. The van der Waals surface area contributed by atoms with Gasteiger partial charge in [0, 0.05) is 68.2 Å². The van der Waals surface area contributed by atoms with E-state index in [0.717, 1.165) is 18.4 Å². The van der Waals surface area contributed by atoms with Gasteiger partial charge < -0.3 is 40.1 Å². The number of nitrogens with one attached hydrogen (secondary N) is 2. The number of aliphatic imine (C=N–C) groups is 1. The summed E-state index contributed by atoms with van der Waals surface area (Å²) in [7, 11) is 10.6. The van der Waals surface area contributed by atoms with E-state index in [1.165, 1.54) is 7.11 Å². The van der Waals surface area contributed by atoms with E-state index in [4.69, 9.17) is 15.2 Å². The predicted octanol–water partition coefficient (Wildman–Crippen LogP) is 1.24. The number of amides is 4. The van der Waals surface area contributed by atoms with E-state index in [2.05, 4.69) is 15.0 Å². The average Bonchev–Trinajstić information content (AvgIpc) is 3.63. The zero-order valence-corrected chi connectivity index (χ0v) is 34.9. The second kappa shape index (κ2) is 23.3. The van der Waals surface area contributed by atoms with Crippen LogP contribution in [0.5, 0.6) is 0 Å². The maximum atomic E-state index is 14.1. The van der Waals surface area contributed by atoms with Crippen LogP contribution in [-0.4, -0.2) is 159 Å². The number of rotatable bonds is 21. The Morgan fingerprint density at radius 1 is 1.02 bits per heavy atom. The number of guanidine groups is 1. The molecular formula is C38H66N8O7S. The first-order chi connectivity index (χ1) is 25.6. The van der Waals surface area contributed by atoms with Crippen LogP contribution < -0.4 is 15.8 Å². The highest BCUT2D eigenvalue weighted by Crippen LogP contribution is 2.29. The fourth-order valence-corrected chi connectivity index (χ4v) is 7.97. The molecule has 1 fully saturated rings. The Bertz CT molecular complexity index is 1390. The molecule has 4 amide bonds. The van der Waals surface area contributed by atoms with Crippen LogP contribution in [0.3, 0.4) is 0 Å². The molecule has 1 heterocycles. The molecule has 2 rings (SSSR count). The minimum Gasteiger partial charge on any atom is -0.379 e. The van der Waals surface area contributed by atoms with Crippen molar-refractivity contribution in [3.8, 4) is 0 Å². The molecule has 54 heavy (non-hydrogen) atoms. The highest BCUT2D eigenvalue weighted by molar-refractivity contribution is 7.83. The molecule has 0 bridgehead atoms. The van der Waals surface area contributed by atoms with Crippen LogP contribution in [-0.2, 0) is 46.1 Å². The summed E-state index contributed by atoms with van der Waals surface area (Å²) in [4.78, 5) is 66.4. The minimum atomic E-state index is -1.64. The Labute approximate surface area is 325 Å². The highest BCUT2D eigenvalue weighted by atomic mass is 32.2. The van der Waals surface area contributed by atoms with Gasteiger partial charge in [0.1, 0.15) is 23.6 Å². The van der Waals surface area contributed by atoms with Crippen LogP contribution in [0.4, 0.5) is 0 Å². The van der Waals surface area contributed by atoms with Crippen molar-refractivity contribution in [2.24, 2.45) is 22.6 Å². The molecule has 16 heteroatoms. The van der Waals surface area contributed by atoms with Crippen molar-refractivity contribution >= 4 is 40.6 Å². The van der Waals surface area contributed by atoms with E-state index >= 15 is 0 Å². The van der Waals surface area contributed by atoms with Gasteiger partial charge in [0.2, 0.25) is 17.7 Å². The van der Waals surface area contributed by atoms with E-state index in [1.54, 1.807) is 30.9 Å². The van der Waals surface area contributed by atoms with Gasteiger partial charge in [-0.25, -0.2) is 9.20 Å². The van der Waals surface area contributed by atoms with Gasteiger partial charge in [-0.1, -0.05) is 57.5 Å². The fraction of sp³-hybridized carbons (Fsp3) is 0.711. The Kier molecular flexibility index (Phi) is 20.1. The van der Waals surface area contributed by atoms with Gasteiger partial charge in [-0.3, -0.25) is 23.9 Å². The molecule has 8 atom stereocenters. The third-order valence-corrected chi connectivity index (χ3v) is 11.2. The number of hydrogen-bond acceptors (Lipinski definition) is 9. The lowest BCUT2D eigenvalue weighted by Gasteiger charge is -2.39. The van der Waals surface area contributed by atoms with Crippen LogP contribution in [0.1, 0.15) is 58.4 Å². The molecule has 15 nitrogen and oxygen atoms in total. The Hall–Kier alpha value is -3.60. The van der Waals surface area contributed by atoms with Crippen LogP contribution >= 0.6 is 0 Å². The Morgan fingerprint density at radius 3 is 2.22 bits per heavy atom. The number of benzene rings is 1. The monoisotopic (exact) mass is 778 g/mol. The van der Waals surface area contributed by atoms with Gasteiger partial charge >= 0.3 is 0 Å². The van der Waals surface area contributed by atoms with Gasteiger partial charge in [-0.15, -0.1) is 0 Å². The summed E-state index contributed by atoms with van der Waals surface area (Å²) < 4.78 is 26.9. The van der Waals surface area contributed by atoms with Crippen LogP contribution in [0.15, 0.2) is 35.3 Å². The normalized spacial score (nSPS) is 18.0. The number of likely N-dealkylation sites (N-methyl/N-ethyl adjacent to an activating group) is 1. The molecule has 306 valence electrons. The van der Waals surface area contributed by atoms with Gasteiger partial charge in [0.25, 0.3) is 5.91 Å². The number of ether oxygens (including phenoxy) is 2. The van der Waals surface area contributed by atoms with Crippen molar-refractivity contribution in [3.63, 3.8) is 0 Å². The van der Waals surface area contributed by atoms with Crippen molar-refractivity contribution in [1.82, 2.24) is 29.6 Å². The summed E-state index contributed by atoms with van der Waals surface area (Å²) in [5.41, 5.74) is 6.36. The van der Waals surface area contributed by atoms with Crippen molar-refractivity contribution in [2.45, 2.75) is 89.6 Å². The molecule has 0 spiro atoms. The quantitative estimate of drug-likeness (QED) is 0.122. The highest BCUT2D eigenvalue weighted by Gasteiger charge is 2.42. The van der Waals surface area contributed by atoms with Crippen LogP contribution in [0.25, 0.3) is 0 Å². The van der Waals surface area contributed by atoms with Crippen molar-refractivity contribution in [3.05, 3.63) is 35.9 Å². The molecule has 1 aromatic rings. The molecule has 4 N–H and O–H groups in total. The first-order valence-corrected chi connectivity index (χ1v) is 20.2. The average molecular weight is 779 g/mol. The molecule has 0 saturated carbocycles. The van der Waals surface area contributed by atoms with Crippen molar-refractivity contribution in [2.75, 3.05) is 74.8 Å². The zero-order valence-electron chi connectivity index (χ0n) is 34.1. The first kappa shape index (κ1) is 46.6. The topological polar surface area (TPSA) is 179 Å². The molecule has 7 unspecified atom stereocenters. The number of methoxy groups -OCH3 is 2. The lowest BCUT2D eigenvalue weighted by molar-refractivity contribution is -0.145. The van der Waals surface area contributed by atoms with E-state index in [9.17, 15) is 23.4 Å². The number of carbonyl (C=O) groups excluding carboxylic acids is 4. The summed E-state index contributed by atoms with van der Waals surface area (Å²) in [6, 6.07) is 7.47. The van der Waals surface area contributed by atoms with E-state index < -0.39 is 59.1 Å². The number of nitrogens with two attached hydrogens (primary N) is 1. The number of nitrogens with zero attached hydrogens (tertiary/aromatic N) is 5. The van der Waals surface area contributed by atoms with E-state index in [0.29, 0.717) is 31.9 Å². The molecular weight excluding hydrogens is 713 g/mol. The number of hydrogen-bond donors (Lipinski definition) is 3. The lowest BCUT2D eigenvalue weighted by Crippen LogP contribution is -2.55. The molecule has 1 aliphatic rings. The number of carbonyl (C=O) groups is 4. The molecule has 0 aliphatic carbocycles. The summed E-state index contributed by atoms with van der Waals surface area (Å²) in [5.74, 6) is -1.18. The second-order valence-corrected chi connectivity index (χ2v) is 15.8. The smallest absolute Gasteiger partial charge is 0.254 e. The summed E-state index contributed by atoms with van der Waals surface area (Å²) >= 11 is 0. The maximum absolute atomic E-state index is 14.1. The van der Waals surface area contributed by atoms with Gasteiger partial charge in [-0.05, 0) is 37.3 Å². The molecule has 1 aromatic carbocycles. The summed E-state index contributed by atoms with van der Waals surface area (Å²) in [5, 5.41) is 2.87. The maximum Gasteiger partial charge on any atom is 0.254 e. The molecule has 1 saturated heterocycles. The Balaban J connectivity index is 2.25. The van der Waals surface area contributed by atoms with Crippen LogP contribution in [0, 0.1) is 11.8 Å². The van der Waals surface area contributed by atoms with E-state index in [1.807, 2.05) is 82.2 Å². The fourth-order valence-electron chi connectivity index (χ4n) is 7.07. The molecule has 0 radical (unpaired) electrons. The predicted molar refractivity (Wildman–Crippen MR) is 213 cm³/mol. The first-order valence-electron chi connectivity index (χ1n) is 18.8. The lowest BCUT2D eigenvalue weighted by atomic mass is 9.90. The largest absolute Gasteiger partial charge is 0.379 e. The van der Waals surface area contributed by atoms with Gasteiger partial charge in [0.15, 0.2) is 5.96 Å². The Morgan fingerprint density at radius 2 is 1.67 bits per heavy atom.